The van der Waals surface area contributed by atoms with Crippen molar-refractivity contribution in [1.29, 1.82) is 0 Å². The van der Waals surface area contributed by atoms with Crippen LogP contribution in [0.1, 0.15) is 37.7 Å². The molecule has 19 heavy (non-hydrogen) atoms. The van der Waals surface area contributed by atoms with Crippen LogP contribution in [0.4, 0.5) is 0 Å². The summed E-state index contributed by atoms with van der Waals surface area (Å²) in [5.41, 5.74) is 0.605. The Balaban J connectivity index is 2.01. The molecule has 2 unspecified atom stereocenters. The number of hydrogen-bond donors (Lipinski definition) is 2. The van der Waals surface area contributed by atoms with Gasteiger partial charge in [0, 0.05) is 6.04 Å². The molecule has 0 radical (unpaired) electrons. The summed E-state index contributed by atoms with van der Waals surface area (Å²) in [6, 6.07) is 7.56. The molecule has 0 heterocycles. The van der Waals surface area contributed by atoms with Crippen LogP contribution in [-0.4, -0.2) is 40.9 Å². The molecule has 1 aromatic carbocycles. The highest BCUT2D eigenvalue weighted by molar-refractivity contribution is 5.26. The maximum atomic E-state index is 10.9. The van der Waals surface area contributed by atoms with E-state index in [1.165, 1.54) is 12.0 Å². The molecule has 1 aromatic rings. The van der Waals surface area contributed by atoms with Crippen molar-refractivity contribution in [3.05, 3.63) is 29.8 Å². The first-order valence-corrected chi connectivity index (χ1v) is 7.18. The molecule has 3 heteroatoms. The molecule has 2 N–H and O–H groups in total. The van der Waals surface area contributed by atoms with Crippen LogP contribution in [0.15, 0.2) is 24.3 Å². The Kier molecular flexibility index (Phi) is 4.48. The highest BCUT2D eigenvalue weighted by atomic mass is 16.3. The van der Waals surface area contributed by atoms with E-state index in [2.05, 4.69) is 19.0 Å². The topological polar surface area (TPSA) is 43.7 Å². The normalized spacial score (nSPS) is 27.7. The third-order valence-corrected chi connectivity index (χ3v) is 4.36. The van der Waals surface area contributed by atoms with E-state index >= 15 is 0 Å². The maximum Gasteiger partial charge on any atom is 0.115 e. The number of hydrogen-bond acceptors (Lipinski definition) is 3. The number of aryl methyl sites for hydroxylation is 1. The van der Waals surface area contributed by atoms with Crippen molar-refractivity contribution in [3.63, 3.8) is 0 Å². The molecule has 0 aromatic heterocycles. The minimum absolute atomic E-state index is 0.262. The molecule has 1 saturated carbocycles. The van der Waals surface area contributed by atoms with Gasteiger partial charge in [-0.05, 0) is 57.5 Å². The molecular weight excluding hydrogens is 238 g/mol. The van der Waals surface area contributed by atoms with Gasteiger partial charge in [-0.2, -0.15) is 0 Å². The second-order valence-electron chi connectivity index (χ2n) is 6.00. The third-order valence-electron chi connectivity index (χ3n) is 4.36. The van der Waals surface area contributed by atoms with Crippen LogP contribution in [-0.2, 0) is 6.42 Å². The Labute approximate surface area is 115 Å². The molecule has 0 spiro atoms. The fourth-order valence-corrected chi connectivity index (χ4v) is 3.26. The van der Waals surface area contributed by atoms with Crippen molar-refractivity contribution in [2.75, 3.05) is 14.1 Å². The maximum absolute atomic E-state index is 10.9. The molecule has 106 valence electrons. The quantitative estimate of drug-likeness (QED) is 0.877. The van der Waals surface area contributed by atoms with Gasteiger partial charge in [-0.1, -0.05) is 25.0 Å². The van der Waals surface area contributed by atoms with E-state index < -0.39 is 5.60 Å². The van der Waals surface area contributed by atoms with Gasteiger partial charge in [0.25, 0.3) is 0 Å². The van der Waals surface area contributed by atoms with Gasteiger partial charge in [-0.15, -0.1) is 0 Å². The van der Waals surface area contributed by atoms with Crippen LogP contribution < -0.4 is 0 Å². The fourth-order valence-electron chi connectivity index (χ4n) is 3.26. The van der Waals surface area contributed by atoms with Gasteiger partial charge in [0.05, 0.1) is 5.60 Å². The standard InChI is InChI=1S/C16H25NO2/c1-17(2)15-5-3-4-11-16(15,19)12-10-13-6-8-14(18)9-7-13/h6-9,15,18-19H,3-5,10-12H2,1-2H3. The molecule has 2 rings (SSSR count). The lowest BCUT2D eigenvalue weighted by atomic mass is 9.76. The van der Waals surface area contributed by atoms with Gasteiger partial charge in [0.2, 0.25) is 0 Å². The monoisotopic (exact) mass is 263 g/mol. The highest BCUT2D eigenvalue weighted by Crippen LogP contribution is 2.34. The Bertz CT molecular complexity index is 402. The van der Waals surface area contributed by atoms with E-state index in [-0.39, 0.29) is 6.04 Å². The minimum Gasteiger partial charge on any atom is -0.508 e. The molecule has 0 bridgehead atoms. The number of phenols is 1. The van der Waals surface area contributed by atoms with Crippen molar-refractivity contribution in [2.45, 2.75) is 50.2 Å². The number of nitrogens with zero attached hydrogens (tertiary/aromatic N) is 1. The fraction of sp³-hybridized carbons (Fsp3) is 0.625. The van der Waals surface area contributed by atoms with E-state index in [0.29, 0.717) is 5.75 Å². The van der Waals surface area contributed by atoms with Crippen LogP contribution in [0.3, 0.4) is 0 Å². The van der Waals surface area contributed by atoms with Gasteiger partial charge >= 0.3 is 0 Å². The third kappa shape index (κ3) is 3.48. The number of benzene rings is 1. The van der Waals surface area contributed by atoms with E-state index in [1.54, 1.807) is 12.1 Å². The number of rotatable bonds is 4. The number of aliphatic hydroxyl groups is 1. The predicted molar refractivity (Wildman–Crippen MR) is 77.3 cm³/mol. The Morgan fingerprint density at radius 2 is 1.89 bits per heavy atom. The Morgan fingerprint density at radius 3 is 2.53 bits per heavy atom. The zero-order chi connectivity index (χ0) is 13.9. The molecular formula is C16H25NO2. The van der Waals surface area contributed by atoms with Crippen LogP contribution in [0.2, 0.25) is 0 Å². The van der Waals surface area contributed by atoms with Crippen LogP contribution in [0, 0.1) is 0 Å². The van der Waals surface area contributed by atoms with E-state index in [4.69, 9.17) is 0 Å². The molecule has 1 fully saturated rings. The van der Waals surface area contributed by atoms with Crippen LogP contribution >= 0.6 is 0 Å². The number of phenolic OH excluding ortho intramolecular Hbond substituents is 1. The number of aromatic hydroxyl groups is 1. The van der Waals surface area contributed by atoms with Gasteiger partial charge in [0.15, 0.2) is 0 Å². The minimum atomic E-state index is -0.570. The summed E-state index contributed by atoms with van der Waals surface area (Å²) in [6.07, 6.45) is 5.97. The number of likely N-dealkylation sites (N-methyl/N-ethyl adjacent to an activating group) is 1. The first kappa shape index (κ1) is 14.4. The molecule has 2 atom stereocenters. The summed E-state index contributed by atoms with van der Waals surface area (Å²) in [6.45, 7) is 0. The van der Waals surface area contributed by atoms with Gasteiger partial charge in [0.1, 0.15) is 5.75 Å². The van der Waals surface area contributed by atoms with Crippen LogP contribution in [0.25, 0.3) is 0 Å². The molecule has 0 saturated heterocycles. The smallest absolute Gasteiger partial charge is 0.115 e. The Hall–Kier alpha value is -1.06. The second-order valence-corrected chi connectivity index (χ2v) is 6.00. The van der Waals surface area contributed by atoms with Crippen molar-refractivity contribution in [2.24, 2.45) is 0 Å². The van der Waals surface area contributed by atoms with Crippen molar-refractivity contribution >= 4 is 0 Å². The first-order valence-electron chi connectivity index (χ1n) is 7.18. The molecule has 0 aliphatic heterocycles. The lowest BCUT2D eigenvalue weighted by Gasteiger charge is -2.43. The first-order chi connectivity index (χ1) is 9.01. The largest absolute Gasteiger partial charge is 0.508 e. The molecule has 3 nitrogen and oxygen atoms in total. The summed E-state index contributed by atoms with van der Waals surface area (Å²) < 4.78 is 0. The zero-order valence-corrected chi connectivity index (χ0v) is 12.0. The Morgan fingerprint density at radius 1 is 1.21 bits per heavy atom. The average Bonchev–Trinajstić information content (AvgIpc) is 2.38. The van der Waals surface area contributed by atoms with E-state index in [9.17, 15) is 10.2 Å². The van der Waals surface area contributed by atoms with E-state index in [1.807, 2.05) is 12.1 Å². The average molecular weight is 263 g/mol. The van der Waals surface area contributed by atoms with Crippen molar-refractivity contribution < 1.29 is 10.2 Å². The van der Waals surface area contributed by atoms with Crippen molar-refractivity contribution in [3.8, 4) is 5.75 Å². The second kappa shape index (κ2) is 5.93. The summed E-state index contributed by atoms with van der Waals surface area (Å²) in [5.74, 6) is 0.297. The molecule has 1 aliphatic carbocycles. The van der Waals surface area contributed by atoms with Gasteiger partial charge < -0.3 is 15.1 Å². The SMILES string of the molecule is CN(C)C1CCCCC1(O)CCc1ccc(O)cc1. The predicted octanol–water partition coefficient (Wildman–Crippen LogP) is 2.56. The zero-order valence-electron chi connectivity index (χ0n) is 12.0. The van der Waals surface area contributed by atoms with E-state index in [0.717, 1.165) is 32.1 Å². The lowest BCUT2D eigenvalue weighted by Crippen LogP contribution is -2.52. The molecule has 0 amide bonds. The molecule has 1 aliphatic rings. The summed E-state index contributed by atoms with van der Waals surface area (Å²) in [4.78, 5) is 2.16. The summed E-state index contributed by atoms with van der Waals surface area (Å²) in [5, 5.41) is 20.2. The van der Waals surface area contributed by atoms with Crippen molar-refractivity contribution in [1.82, 2.24) is 4.90 Å². The van der Waals surface area contributed by atoms with Crippen LogP contribution in [0.5, 0.6) is 5.75 Å². The van der Waals surface area contributed by atoms with Gasteiger partial charge in [-0.25, -0.2) is 0 Å². The summed E-state index contributed by atoms with van der Waals surface area (Å²) in [7, 11) is 4.11. The lowest BCUT2D eigenvalue weighted by molar-refractivity contribution is -0.0659. The van der Waals surface area contributed by atoms with Gasteiger partial charge in [-0.3, -0.25) is 0 Å². The highest BCUT2D eigenvalue weighted by Gasteiger charge is 2.39. The summed E-state index contributed by atoms with van der Waals surface area (Å²) >= 11 is 0.